The SMILES string of the molecule is [LiH].c1ccc(C(c2ccccc2)(c2ccccc2)N2CCc3ccsc3C2)cc1. The summed E-state index contributed by atoms with van der Waals surface area (Å²) in [6, 6.07) is 35.3. The quantitative estimate of drug-likeness (QED) is 0.331. The monoisotopic (exact) mass is 389 g/mol. The van der Waals surface area contributed by atoms with Gasteiger partial charge in [-0.25, -0.2) is 0 Å². The van der Waals surface area contributed by atoms with Crippen LogP contribution in [0.3, 0.4) is 0 Å². The van der Waals surface area contributed by atoms with Crippen molar-refractivity contribution < 1.29 is 0 Å². The van der Waals surface area contributed by atoms with Crippen LogP contribution < -0.4 is 0 Å². The first kappa shape index (κ1) is 20.2. The Bertz CT molecular complexity index is 947. The van der Waals surface area contributed by atoms with Gasteiger partial charge in [-0.15, -0.1) is 11.3 Å². The van der Waals surface area contributed by atoms with E-state index in [1.165, 1.54) is 27.1 Å². The summed E-state index contributed by atoms with van der Waals surface area (Å²) in [6.45, 7) is 2.02. The maximum Gasteiger partial charge on any atom is 0.0976 e. The van der Waals surface area contributed by atoms with Crippen LogP contribution in [0, 0.1) is 0 Å². The average molecular weight is 389 g/mol. The molecule has 0 spiro atoms. The third-order valence-electron chi connectivity index (χ3n) is 5.87. The summed E-state index contributed by atoms with van der Waals surface area (Å²) in [5.74, 6) is 0. The molecular weight excluding hydrogens is 365 g/mol. The molecule has 0 bridgehead atoms. The largest absolute Gasteiger partial charge is 0.281 e. The molecule has 3 aromatic carbocycles. The molecule has 1 nitrogen and oxygen atoms in total. The van der Waals surface area contributed by atoms with E-state index in [1.54, 1.807) is 0 Å². The minimum atomic E-state index is -0.300. The molecule has 0 atom stereocenters. The maximum atomic E-state index is 2.67. The molecule has 0 unspecified atom stereocenters. The Morgan fingerprint density at radius 3 is 1.62 bits per heavy atom. The number of rotatable bonds is 4. The van der Waals surface area contributed by atoms with E-state index in [2.05, 4.69) is 107 Å². The average Bonchev–Trinajstić information content (AvgIpc) is 3.25. The molecule has 5 rings (SSSR count). The molecule has 1 aliphatic heterocycles. The predicted octanol–water partition coefficient (Wildman–Crippen LogP) is 5.45. The molecule has 29 heavy (non-hydrogen) atoms. The van der Waals surface area contributed by atoms with E-state index >= 15 is 0 Å². The van der Waals surface area contributed by atoms with E-state index in [9.17, 15) is 0 Å². The zero-order chi connectivity index (χ0) is 18.8. The van der Waals surface area contributed by atoms with Crippen LogP contribution >= 0.6 is 11.3 Å². The van der Waals surface area contributed by atoms with Gasteiger partial charge < -0.3 is 0 Å². The zero-order valence-corrected chi connectivity index (χ0v) is 16.6. The van der Waals surface area contributed by atoms with Crippen molar-refractivity contribution in [3.05, 3.63) is 130 Å². The molecule has 140 valence electrons. The van der Waals surface area contributed by atoms with Gasteiger partial charge in [-0.2, -0.15) is 0 Å². The normalized spacial score (nSPS) is 14.1. The summed E-state index contributed by atoms with van der Waals surface area (Å²) in [5, 5.41) is 2.24. The Labute approximate surface area is 189 Å². The van der Waals surface area contributed by atoms with Crippen molar-refractivity contribution in [1.29, 1.82) is 0 Å². The molecule has 0 amide bonds. The van der Waals surface area contributed by atoms with Gasteiger partial charge in [0.15, 0.2) is 0 Å². The van der Waals surface area contributed by atoms with Crippen LogP contribution in [0.5, 0.6) is 0 Å². The molecular formula is C26H24LiNS. The van der Waals surface area contributed by atoms with Gasteiger partial charge in [0.1, 0.15) is 0 Å². The smallest absolute Gasteiger partial charge is 0.0976 e. The predicted molar refractivity (Wildman–Crippen MR) is 125 cm³/mol. The van der Waals surface area contributed by atoms with Crippen molar-refractivity contribution in [2.75, 3.05) is 6.54 Å². The molecule has 1 aromatic heterocycles. The maximum absolute atomic E-state index is 2.67. The van der Waals surface area contributed by atoms with E-state index in [4.69, 9.17) is 0 Å². The van der Waals surface area contributed by atoms with Gasteiger partial charge in [0.25, 0.3) is 0 Å². The third-order valence-corrected chi connectivity index (χ3v) is 6.82. The molecule has 0 saturated heterocycles. The van der Waals surface area contributed by atoms with Crippen LogP contribution in [0.1, 0.15) is 27.1 Å². The van der Waals surface area contributed by atoms with E-state index in [-0.39, 0.29) is 24.4 Å². The fourth-order valence-electron chi connectivity index (χ4n) is 4.61. The van der Waals surface area contributed by atoms with Gasteiger partial charge in [-0.05, 0) is 40.1 Å². The van der Waals surface area contributed by atoms with E-state index in [0.29, 0.717) is 0 Å². The summed E-state index contributed by atoms with van der Waals surface area (Å²) in [7, 11) is 0. The molecule has 2 heterocycles. The number of hydrogen-bond donors (Lipinski definition) is 0. The molecule has 0 N–H and O–H groups in total. The summed E-state index contributed by atoms with van der Waals surface area (Å²) >= 11 is 1.89. The van der Waals surface area contributed by atoms with Gasteiger partial charge >= 0.3 is 18.9 Å². The van der Waals surface area contributed by atoms with Gasteiger partial charge in [0.05, 0.1) is 5.54 Å². The van der Waals surface area contributed by atoms with Crippen molar-refractivity contribution in [2.24, 2.45) is 0 Å². The molecule has 0 aliphatic carbocycles. The number of fused-ring (bicyclic) bond motifs is 1. The Balaban J connectivity index is 0.00000205. The first-order valence-electron chi connectivity index (χ1n) is 9.86. The van der Waals surface area contributed by atoms with Crippen molar-refractivity contribution in [3.63, 3.8) is 0 Å². The molecule has 0 saturated carbocycles. The molecule has 0 radical (unpaired) electrons. The van der Waals surface area contributed by atoms with Gasteiger partial charge in [-0.3, -0.25) is 4.90 Å². The summed E-state index contributed by atoms with van der Waals surface area (Å²) in [5.41, 5.74) is 5.20. The van der Waals surface area contributed by atoms with Crippen LogP contribution in [0.25, 0.3) is 0 Å². The minimum absolute atomic E-state index is 0. The van der Waals surface area contributed by atoms with Gasteiger partial charge in [-0.1, -0.05) is 91.0 Å². The summed E-state index contributed by atoms with van der Waals surface area (Å²) in [6.07, 6.45) is 1.10. The number of hydrogen-bond acceptors (Lipinski definition) is 2. The van der Waals surface area contributed by atoms with Crippen molar-refractivity contribution in [3.8, 4) is 0 Å². The summed E-state index contributed by atoms with van der Waals surface area (Å²) in [4.78, 5) is 4.17. The standard InChI is InChI=1S/C26H23NS.Li.H/c1-4-10-22(11-5-1)26(23-12-6-2-7-13-23,24-14-8-3-9-15-24)27-18-16-21-17-19-28-25(21)20-27;;/h1-15,17,19H,16,18,20H2;;. The topological polar surface area (TPSA) is 3.24 Å². The fourth-order valence-corrected chi connectivity index (χ4v) is 5.56. The van der Waals surface area contributed by atoms with E-state index in [1.807, 2.05) is 11.3 Å². The second-order valence-electron chi connectivity index (χ2n) is 7.35. The van der Waals surface area contributed by atoms with Crippen LogP contribution in [-0.2, 0) is 18.5 Å². The number of benzene rings is 3. The molecule has 4 aromatic rings. The molecule has 0 fully saturated rings. The van der Waals surface area contributed by atoms with Crippen LogP contribution in [-0.4, -0.2) is 30.3 Å². The first-order chi connectivity index (χ1) is 13.9. The van der Waals surface area contributed by atoms with Crippen LogP contribution in [0.15, 0.2) is 102 Å². The van der Waals surface area contributed by atoms with Crippen LogP contribution in [0.4, 0.5) is 0 Å². The van der Waals surface area contributed by atoms with E-state index in [0.717, 1.165) is 19.5 Å². The Hall–Kier alpha value is -2.08. The van der Waals surface area contributed by atoms with E-state index < -0.39 is 0 Å². The molecule has 3 heteroatoms. The summed E-state index contributed by atoms with van der Waals surface area (Å²) < 4.78 is 0. The first-order valence-corrected chi connectivity index (χ1v) is 10.7. The zero-order valence-electron chi connectivity index (χ0n) is 15.8. The minimum Gasteiger partial charge on any atom is -0.281 e. The number of thiophene rings is 1. The van der Waals surface area contributed by atoms with Gasteiger partial charge in [0, 0.05) is 18.0 Å². The van der Waals surface area contributed by atoms with Gasteiger partial charge in [0.2, 0.25) is 0 Å². The Morgan fingerprint density at radius 1 is 0.655 bits per heavy atom. The second kappa shape index (κ2) is 8.74. The van der Waals surface area contributed by atoms with Crippen molar-refractivity contribution >= 4 is 30.2 Å². The molecule has 1 aliphatic rings. The Kier molecular flexibility index (Phi) is 6.09. The van der Waals surface area contributed by atoms with Crippen LogP contribution in [0.2, 0.25) is 0 Å². The van der Waals surface area contributed by atoms with Crippen molar-refractivity contribution in [2.45, 2.75) is 18.5 Å². The van der Waals surface area contributed by atoms with Crippen molar-refractivity contribution in [1.82, 2.24) is 4.90 Å². The second-order valence-corrected chi connectivity index (χ2v) is 8.35. The Morgan fingerprint density at radius 2 is 1.14 bits per heavy atom. The number of nitrogens with zero attached hydrogens (tertiary/aromatic N) is 1. The third kappa shape index (κ3) is 3.52. The fraction of sp³-hybridized carbons (Fsp3) is 0.154.